The van der Waals surface area contributed by atoms with Gasteiger partial charge in [0.25, 0.3) is 0 Å². The van der Waals surface area contributed by atoms with Gasteiger partial charge in [-0.3, -0.25) is 4.79 Å². The molecule has 3 saturated carbocycles. The van der Waals surface area contributed by atoms with Gasteiger partial charge in [0.15, 0.2) is 18.9 Å². The Kier molecular flexibility index (Phi) is 15.2. The van der Waals surface area contributed by atoms with Gasteiger partial charge in [0.2, 0.25) is 0 Å². The molecule has 4 aliphatic carbocycles. The van der Waals surface area contributed by atoms with Crippen LogP contribution in [0.1, 0.15) is 113 Å². The maximum atomic E-state index is 14.9. The van der Waals surface area contributed by atoms with Crippen LogP contribution in [-0.4, -0.2) is 185 Å². The summed E-state index contributed by atoms with van der Waals surface area (Å²) >= 11 is 0. The molecule has 0 aromatic rings. The zero-order chi connectivity index (χ0) is 47.8. The summed E-state index contributed by atoms with van der Waals surface area (Å²) in [4.78, 5) is 14.9. The number of hydrogen-bond acceptors (Lipinski definition) is 18. The van der Waals surface area contributed by atoms with E-state index in [9.17, 15) is 61.0 Å². The van der Waals surface area contributed by atoms with E-state index in [2.05, 4.69) is 33.8 Å². The molecule has 3 heterocycles. The van der Waals surface area contributed by atoms with Crippen LogP contribution in [0.5, 0.6) is 0 Å². The summed E-state index contributed by atoms with van der Waals surface area (Å²) in [5.41, 5.74) is -3.26. The Labute approximate surface area is 381 Å². The Morgan fingerprint density at radius 3 is 1.98 bits per heavy atom. The van der Waals surface area contributed by atoms with E-state index in [0.717, 1.165) is 12.8 Å². The van der Waals surface area contributed by atoms with E-state index in [0.29, 0.717) is 25.7 Å². The molecule has 18 heteroatoms. The molecule has 374 valence electrons. The van der Waals surface area contributed by atoms with E-state index in [1.807, 2.05) is 0 Å². The van der Waals surface area contributed by atoms with Gasteiger partial charge in [-0.25, -0.2) is 0 Å². The molecular weight excluding hydrogens is 852 g/mol. The number of fused-ring (bicyclic) bond motifs is 5. The predicted octanol–water partition coefficient (Wildman–Crippen LogP) is -0.0646. The van der Waals surface area contributed by atoms with E-state index in [1.165, 1.54) is 19.4 Å². The number of aliphatic hydroxyl groups is 11. The van der Waals surface area contributed by atoms with Crippen LogP contribution >= 0.6 is 0 Å². The average molecular weight is 931 g/mol. The van der Waals surface area contributed by atoms with Crippen molar-refractivity contribution in [3.63, 3.8) is 0 Å². The highest BCUT2D eigenvalue weighted by molar-refractivity contribution is 5.88. The van der Waals surface area contributed by atoms with Crippen molar-refractivity contribution in [2.75, 3.05) is 19.8 Å². The molecule has 22 atom stereocenters. The van der Waals surface area contributed by atoms with Gasteiger partial charge in [-0.05, 0) is 94.8 Å². The van der Waals surface area contributed by atoms with Gasteiger partial charge < -0.3 is 84.6 Å². The van der Waals surface area contributed by atoms with Crippen LogP contribution in [0.25, 0.3) is 0 Å². The van der Waals surface area contributed by atoms with E-state index in [4.69, 9.17) is 28.4 Å². The lowest BCUT2D eigenvalue weighted by Crippen LogP contribution is -2.61. The smallest absolute Gasteiger partial charge is 0.187 e. The molecule has 18 nitrogen and oxygen atoms in total. The number of rotatable bonds is 14. The Morgan fingerprint density at radius 1 is 0.754 bits per heavy atom. The quantitative estimate of drug-likeness (QED) is 0.102. The summed E-state index contributed by atoms with van der Waals surface area (Å²) in [5, 5.41) is 117. The first-order valence-electron chi connectivity index (χ1n) is 23.8. The second-order valence-corrected chi connectivity index (χ2v) is 22.3. The van der Waals surface area contributed by atoms with Crippen LogP contribution in [0.3, 0.4) is 0 Å². The third-order valence-corrected chi connectivity index (χ3v) is 17.4. The Hall–Kier alpha value is -1.27. The number of hydrogen-bond donors (Lipinski definition) is 11. The third-order valence-electron chi connectivity index (χ3n) is 17.4. The van der Waals surface area contributed by atoms with Crippen LogP contribution in [0.4, 0.5) is 0 Å². The fourth-order valence-electron chi connectivity index (χ4n) is 13.4. The number of carbonyl (C=O) groups is 1. The van der Waals surface area contributed by atoms with Crippen LogP contribution < -0.4 is 0 Å². The van der Waals surface area contributed by atoms with E-state index < -0.39 is 127 Å². The molecule has 3 unspecified atom stereocenters. The van der Waals surface area contributed by atoms with Crippen LogP contribution in [-0.2, 0) is 33.2 Å². The predicted molar refractivity (Wildman–Crippen MR) is 228 cm³/mol. The van der Waals surface area contributed by atoms with Gasteiger partial charge in [0.1, 0.15) is 54.6 Å². The van der Waals surface area contributed by atoms with E-state index in [-0.39, 0.29) is 67.8 Å². The van der Waals surface area contributed by atoms with E-state index >= 15 is 0 Å². The molecule has 3 saturated heterocycles. The summed E-state index contributed by atoms with van der Waals surface area (Å²) < 4.78 is 35.7. The average Bonchev–Trinajstić information content (AvgIpc) is 3.59. The largest absolute Gasteiger partial charge is 0.394 e. The molecule has 0 bridgehead atoms. The highest BCUT2D eigenvalue weighted by Crippen LogP contribution is 2.69. The van der Waals surface area contributed by atoms with Crippen molar-refractivity contribution in [2.45, 2.75) is 216 Å². The highest BCUT2D eigenvalue weighted by Gasteiger charge is 2.67. The van der Waals surface area contributed by atoms with Crippen molar-refractivity contribution >= 4 is 5.78 Å². The minimum absolute atomic E-state index is 0.00781. The topological polar surface area (TPSA) is 295 Å². The number of ether oxygens (including phenoxy) is 6. The van der Waals surface area contributed by atoms with Crippen molar-refractivity contribution in [3.05, 3.63) is 11.6 Å². The molecule has 6 fully saturated rings. The molecule has 3 aliphatic heterocycles. The van der Waals surface area contributed by atoms with Crippen LogP contribution in [0.2, 0.25) is 0 Å². The van der Waals surface area contributed by atoms with Gasteiger partial charge in [0.05, 0.1) is 55.4 Å². The Bertz CT molecular complexity index is 1690. The molecule has 65 heavy (non-hydrogen) atoms. The molecular formula is C47H78O18. The van der Waals surface area contributed by atoms with Crippen LogP contribution in [0.15, 0.2) is 11.6 Å². The zero-order valence-corrected chi connectivity index (χ0v) is 39.0. The third kappa shape index (κ3) is 9.54. The lowest BCUT2D eigenvalue weighted by molar-refractivity contribution is -0.333. The normalized spacial score (nSPS) is 48.1. The molecule has 0 radical (unpaired) electrons. The van der Waals surface area contributed by atoms with Crippen molar-refractivity contribution in [1.29, 1.82) is 0 Å². The standard InChI is InChI=1S/C47H78O18/c1-43(2)22-8-9-25-23-10-12-31(45(23,5)18-32(52)47(25,7)24(22)11-13-33(43)64-36-17-27(51)38(54)29(20-49)62-36)46(6,59)15-14-34(44(3,4)58)65-42-41(57)40(56)39(55)30(63-42)21-60-35-16-26(50)37(53)28(19-48)61-35/h8,23-31,33-42,48-51,53-59H,9-21H2,1-7H3/t23?,24?,25-,26+,27+,28+,29+,30+,31?,33-,34+,35+,36-,37-,38-,39+,40-,41+,42-,45-,46-,47-/m0/s1. The Morgan fingerprint density at radius 2 is 1.37 bits per heavy atom. The zero-order valence-electron chi connectivity index (χ0n) is 39.0. The molecule has 11 N–H and O–H groups in total. The van der Waals surface area contributed by atoms with Gasteiger partial charge in [-0.15, -0.1) is 0 Å². The van der Waals surface area contributed by atoms with Gasteiger partial charge in [0, 0.05) is 30.1 Å². The van der Waals surface area contributed by atoms with Crippen LogP contribution in [0, 0.1) is 39.9 Å². The first-order chi connectivity index (χ1) is 30.3. The first kappa shape index (κ1) is 51.6. The molecule has 0 spiro atoms. The van der Waals surface area contributed by atoms with Gasteiger partial charge in [-0.2, -0.15) is 0 Å². The summed E-state index contributed by atoms with van der Waals surface area (Å²) in [5.74, 6) is 0.110. The van der Waals surface area contributed by atoms with Gasteiger partial charge in [-0.1, -0.05) is 39.3 Å². The molecule has 0 amide bonds. The Balaban J connectivity index is 1.01. The van der Waals surface area contributed by atoms with E-state index in [1.54, 1.807) is 6.92 Å². The summed E-state index contributed by atoms with van der Waals surface area (Å²) in [6.45, 7) is 12.0. The second-order valence-electron chi connectivity index (χ2n) is 22.3. The summed E-state index contributed by atoms with van der Waals surface area (Å²) in [6.07, 6.45) is -11.5. The lowest BCUT2D eigenvalue weighted by atomic mass is 9.42. The molecule has 0 aromatic carbocycles. The fourth-order valence-corrected chi connectivity index (χ4v) is 13.4. The highest BCUT2D eigenvalue weighted by atomic mass is 16.7. The van der Waals surface area contributed by atoms with Gasteiger partial charge >= 0.3 is 0 Å². The second kappa shape index (κ2) is 19.1. The monoisotopic (exact) mass is 931 g/mol. The number of aliphatic hydroxyl groups excluding tert-OH is 9. The minimum atomic E-state index is -1.73. The van der Waals surface area contributed by atoms with Crippen molar-refractivity contribution in [2.24, 2.45) is 39.9 Å². The fraction of sp³-hybridized carbons (Fsp3) is 0.936. The van der Waals surface area contributed by atoms with Crippen molar-refractivity contribution in [3.8, 4) is 0 Å². The number of allylic oxidation sites excluding steroid dienone is 1. The maximum absolute atomic E-state index is 14.9. The van der Waals surface area contributed by atoms with Crippen molar-refractivity contribution in [1.82, 2.24) is 0 Å². The number of carbonyl (C=O) groups excluding carboxylic acids is 1. The molecule has 0 aromatic heterocycles. The van der Waals surface area contributed by atoms with Crippen molar-refractivity contribution < 1.29 is 89.4 Å². The summed E-state index contributed by atoms with van der Waals surface area (Å²) in [7, 11) is 0. The SMILES string of the molecule is CC(C)(O)[C@@H](CC[C@](C)(O)C1CCC2[C@@H]3CC=C4C(CC[C@H](O[C@H]5C[C@@H](O)[C@H](O)[C@@H](CO)O5)C4(C)C)[C@]3(C)C(=O)C[C@@]21C)O[C@@H]1O[C@H](CO[C@H]2C[C@@H](O)[C@H](O)[C@@H](CO)O2)[C@@H](O)[C@H](O)[C@H]1O. The molecule has 7 rings (SSSR count). The molecule has 7 aliphatic rings. The minimum Gasteiger partial charge on any atom is -0.394 e. The number of Topliss-reactive ketones (excluding diaryl/α,β-unsaturated/α-hetero) is 1. The lowest BCUT2D eigenvalue weighted by Gasteiger charge is -2.61. The maximum Gasteiger partial charge on any atom is 0.187 e. The first-order valence-corrected chi connectivity index (χ1v) is 23.8. The summed E-state index contributed by atoms with van der Waals surface area (Å²) in [6, 6.07) is 0. The number of ketones is 1.